The van der Waals surface area contributed by atoms with Crippen molar-refractivity contribution in [3.63, 3.8) is 0 Å². The lowest BCUT2D eigenvalue weighted by Crippen LogP contribution is -2.05. The average molecular weight is 495 g/mol. The van der Waals surface area contributed by atoms with Gasteiger partial charge in [0, 0.05) is 5.56 Å². The van der Waals surface area contributed by atoms with Gasteiger partial charge < -0.3 is 10.2 Å². The highest BCUT2D eigenvalue weighted by Gasteiger charge is 2.13. The van der Waals surface area contributed by atoms with Gasteiger partial charge in [-0.05, 0) is 30.3 Å². The number of hydrogen-bond acceptors (Lipinski definition) is 7. The summed E-state index contributed by atoms with van der Waals surface area (Å²) < 4.78 is 31.8. The minimum absolute atomic E-state index is 0.00546. The fourth-order valence-corrected chi connectivity index (χ4v) is 2.96. The van der Waals surface area contributed by atoms with Gasteiger partial charge in [0.15, 0.2) is 0 Å². The predicted octanol–water partition coefficient (Wildman–Crippen LogP) is 5.25. The van der Waals surface area contributed by atoms with E-state index in [0.717, 1.165) is 18.2 Å². The molecule has 0 bridgehead atoms. The van der Waals surface area contributed by atoms with E-state index in [0.29, 0.717) is 5.56 Å². The molecule has 0 aliphatic carbocycles. The molecule has 11 heteroatoms. The SMILES string of the molecule is C=CC=C.O=C(O)c1ccccc1NN=C(N=Nc1cc(S(=O)(=O)O)ccc1O)c1ccccc1. The summed E-state index contributed by atoms with van der Waals surface area (Å²) in [6.45, 7) is 6.72. The molecule has 0 heterocycles. The Morgan fingerprint density at radius 1 is 0.943 bits per heavy atom. The molecule has 3 aromatic carbocycles. The van der Waals surface area contributed by atoms with Crippen LogP contribution in [-0.4, -0.2) is 35.0 Å². The van der Waals surface area contributed by atoms with E-state index in [4.69, 9.17) is 0 Å². The van der Waals surface area contributed by atoms with Crippen LogP contribution < -0.4 is 5.43 Å². The lowest BCUT2D eigenvalue weighted by atomic mass is 10.2. The molecular formula is C24H22N4O6S. The maximum absolute atomic E-state index is 11.4. The lowest BCUT2D eigenvalue weighted by Gasteiger charge is -2.06. The molecule has 0 saturated heterocycles. The zero-order valence-corrected chi connectivity index (χ0v) is 19.1. The topological polar surface area (TPSA) is 161 Å². The van der Waals surface area contributed by atoms with Gasteiger partial charge >= 0.3 is 5.97 Å². The highest BCUT2D eigenvalue weighted by molar-refractivity contribution is 7.85. The Balaban J connectivity index is 0.00000100. The van der Waals surface area contributed by atoms with E-state index in [1.165, 1.54) is 12.1 Å². The Hall–Kier alpha value is -4.61. The molecule has 0 aliphatic heterocycles. The Kier molecular flexibility index (Phi) is 9.58. The fraction of sp³-hybridized carbons (Fsp3) is 0. The van der Waals surface area contributed by atoms with Crippen molar-refractivity contribution in [2.24, 2.45) is 15.3 Å². The number of amidine groups is 1. The summed E-state index contributed by atoms with van der Waals surface area (Å²) in [5, 5.41) is 31.2. The van der Waals surface area contributed by atoms with Crippen molar-refractivity contribution in [1.82, 2.24) is 0 Å². The molecule has 3 rings (SSSR count). The molecule has 35 heavy (non-hydrogen) atoms. The van der Waals surface area contributed by atoms with Crippen LogP contribution in [0.25, 0.3) is 0 Å². The molecule has 0 radical (unpaired) electrons. The van der Waals surface area contributed by atoms with Crippen LogP contribution in [0.3, 0.4) is 0 Å². The number of anilines is 1. The largest absolute Gasteiger partial charge is 0.506 e. The number of hydrazone groups is 1. The normalized spacial score (nSPS) is 11.3. The second-order valence-corrected chi connectivity index (χ2v) is 7.98. The van der Waals surface area contributed by atoms with Crippen molar-refractivity contribution >= 4 is 33.3 Å². The van der Waals surface area contributed by atoms with Crippen LogP contribution in [0.15, 0.2) is 118 Å². The van der Waals surface area contributed by atoms with Crippen LogP contribution in [0.4, 0.5) is 11.4 Å². The van der Waals surface area contributed by atoms with Crippen LogP contribution in [-0.2, 0) is 10.1 Å². The first-order valence-electron chi connectivity index (χ1n) is 9.84. The predicted molar refractivity (Wildman–Crippen MR) is 133 cm³/mol. The number of allylic oxidation sites excluding steroid dienone is 2. The van der Waals surface area contributed by atoms with Crippen LogP contribution in [0.2, 0.25) is 0 Å². The maximum Gasteiger partial charge on any atom is 0.337 e. The number of hydrogen-bond donors (Lipinski definition) is 4. The molecule has 10 nitrogen and oxygen atoms in total. The van der Waals surface area contributed by atoms with Gasteiger partial charge in [0.25, 0.3) is 10.1 Å². The van der Waals surface area contributed by atoms with Gasteiger partial charge in [0.2, 0.25) is 5.84 Å². The molecule has 0 aliphatic rings. The number of aromatic carboxylic acids is 1. The van der Waals surface area contributed by atoms with Crippen molar-refractivity contribution in [1.29, 1.82) is 0 Å². The second kappa shape index (κ2) is 12.6. The Morgan fingerprint density at radius 3 is 2.17 bits per heavy atom. The number of phenols is 1. The first-order valence-corrected chi connectivity index (χ1v) is 11.3. The third-order valence-electron chi connectivity index (χ3n) is 4.14. The average Bonchev–Trinajstić information content (AvgIpc) is 2.85. The molecule has 0 spiro atoms. The van der Waals surface area contributed by atoms with Gasteiger partial charge in [-0.1, -0.05) is 67.8 Å². The summed E-state index contributed by atoms with van der Waals surface area (Å²) in [5.41, 5.74) is 3.14. The molecule has 0 saturated carbocycles. The number of aromatic hydroxyl groups is 1. The Bertz CT molecular complexity index is 1360. The van der Waals surface area contributed by atoms with E-state index < -0.39 is 21.0 Å². The number of nitrogens with one attached hydrogen (secondary N) is 1. The molecule has 0 fully saturated rings. The second-order valence-electron chi connectivity index (χ2n) is 6.56. The first kappa shape index (κ1) is 26.6. The van der Waals surface area contributed by atoms with E-state index in [2.05, 4.69) is 33.9 Å². The van der Waals surface area contributed by atoms with Gasteiger partial charge in [0.1, 0.15) is 11.4 Å². The molecule has 180 valence electrons. The molecule has 0 unspecified atom stereocenters. The molecule has 0 atom stereocenters. The van der Waals surface area contributed by atoms with Crippen molar-refractivity contribution in [2.45, 2.75) is 4.90 Å². The number of nitrogens with zero attached hydrogens (tertiary/aromatic N) is 3. The highest BCUT2D eigenvalue weighted by Crippen LogP contribution is 2.29. The minimum Gasteiger partial charge on any atom is -0.506 e. The van der Waals surface area contributed by atoms with Gasteiger partial charge in [-0.2, -0.15) is 13.5 Å². The van der Waals surface area contributed by atoms with E-state index in [1.54, 1.807) is 54.6 Å². The summed E-state index contributed by atoms with van der Waals surface area (Å²) >= 11 is 0. The van der Waals surface area contributed by atoms with Crippen LogP contribution in [0.5, 0.6) is 5.75 Å². The van der Waals surface area contributed by atoms with Gasteiger partial charge in [-0.25, -0.2) is 4.79 Å². The highest BCUT2D eigenvalue weighted by atomic mass is 32.2. The van der Waals surface area contributed by atoms with Crippen molar-refractivity contribution in [3.05, 3.63) is 109 Å². The first-order chi connectivity index (χ1) is 16.7. The molecular weight excluding hydrogens is 472 g/mol. The summed E-state index contributed by atoms with van der Waals surface area (Å²) in [4.78, 5) is 10.9. The maximum atomic E-state index is 11.4. The number of carboxylic acid groups (broad SMARTS) is 1. The third kappa shape index (κ3) is 8.03. The minimum atomic E-state index is -4.50. The van der Waals surface area contributed by atoms with Crippen LogP contribution in [0.1, 0.15) is 15.9 Å². The van der Waals surface area contributed by atoms with Crippen LogP contribution in [0, 0.1) is 0 Å². The summed E-state index contributed by atoms with van der Waals surface area (Å²) in [7, 11) is -4.50. The number of carboxylic acids is 1. The summed E-state index contributed by atoms with van der Waals surface area (Å²) in [5.74, 6) is -1.49. The fourth-order valence-electron chi connectivity index (χ4n) is 2.46. The van der Waals surface area contributed by atoms with E-state index in [-0.39, 0.29) is 28.5 Å². The van der Waals surface area contributed by atoms with E-state index >= 15 is 0 Å². The number of carbonyl (C=O) groups is 1. The van der Waals surface area contributed by atoms with Gasteiger partial charge in [0.05, 0.1) is 16.1 Å². The Labute approximate surface area is 202 Å². The molecule has 0 amide bonds. The van der Waals surface area contributed by atoms with Crippen molar-refractivity contribution in [2.75, 3.05) is 5.43 Å². The number of benzene rings is 3. The van der Waals surface area contributed by atoms with Gasteiger partial charge in [-0.15, -0.1) is 10.2 Å². The van der Waals surface area contributed by atoms with E-state index in [9.17, 15) is 28.0 Å². The smallest absolute Gasteiger partial charge is 0.337 e. The zero-order valence-electron chi connectivity index (χ0n) is 18.3. The standard InChI is InChI=1S/C20H16N4O6S.C4H6/c25-18-11-10-14(31(28,29)30)12-17(18)22-24-19(13-6-2-1-3-7-13)23-21-16-9-5-4-8-15(16)20(26)27;1-3-4-2/h1-12,21,25H,(H,26,27)(H,28,29,30);3-4H,1-2H2. The molecule has 0 aromatic heterocycles. The zero-order chi connectivity index (χ0) is 25.8. The number of para-hydroxylation sites is 1. The monoisotopic (exact) mass is 494 g/mol. The Morgan fingerprint density at radius 2 is 1.57 bits per heavy atom. The van der Waals surface area contributed by atoms with Gasteiger partial charge in [-0.3, -0.25) is 9.98 Å². The number of rotatable bonds is 7. The quantitative estimate of drug-likeness (QED) is 0.0870. The third-order valence-corrected chi connectivity index (χ3v) is 4.99. The van der Waals surface area contributed by atoms with Crippen LogP contribution >= 0.6 is 0 Å². The molecule has 3 aromatic rings. The molecule has 4 N–H and O–H groups in total. The number of phenolic OH excluding ortho intramolecular Hbond substituents is 1. The summed E-state index contributed by atoms with van der Waals surface area (Å²) in [6.07, 6.45) is 3.28. The van der Waals surface area contributed by atoms with Crippen molar-refractivity contribution < 1.29 is 28.0 Å². The van der Waals surface area contributed by atoms with E-state index in [1.807, 2.05) is 0 Å². The number of azo groups is 1. The summed E-state index contributed by atoms with van der Waals surface area (Å²) in [6, 6.07) is 17.7. The van der Waals surface area contributed by atoms with Crippen molar-refractivity contribution in [3.8, 4) is 5.75 Å². The lowest BCUT2D eigenvalue weighted by molar-refractivity contribution is 0.0698.